The highest BCUT2D eigenvalue weighted by Crippen LogP contribution is 2.30. The highest BCUT2D eigenvalue weighted by Gasteiger charge is 2.18. The van der Waals surface area contributed by atoms with E-state index in [1.165, 1.54) is 0 Å². The van der Waals surface area contributed by atoms with Gasteiger partial charge in [0.1, 0.15) is 11.3 Å². The zero-order chi connectivity index (χ0) is 24.8. The molecule has 0 bridgehead atoms. The van der Waals surface area contributed by atoms with Crippen molar-refractivity contribution in [2.45, 2.75) is 27.2 Å². The second-order valence-corrected chi connectivity index (χ2v) is 7.82. The number of anilines is 2. The van der Waals surface area contributed by atoms with Crippen LogP contribution in [0.15, 0.2) is 85.2 Å². The van der Waals surface area contributed by atoms with Crippen molar-refractivity contribution in [1.82, 2.24) is 19.5 Å². The van der Waals surface area contributed by atoms with Gasteiger partial charge in [0.25, 0.3) is 0 Å². The minimum Gasteiger partial charge on any atom is -0.383 e. The van der Waals surface area contributed by atoms with Gasteiger partial charge >= 0.3 is 0 Å². The molecule has 0 atom stereocenters. The van der Waals surface area contributed by atoms with Crippen molar-refractivity contribution < 1.29 is 4.79 Å². The normalized spacial score (nSPS) is 10.5. The summed E-state index contributed by atoms with van der Waals surface area (Å²) in [6.07, 6.45) is 3.75. The van der Waals surface area contributed by atoms with Crippen LogP contribution in [-0.4, -0.2) is 25.4 Å². The molecule has 0 saturated carbocycles. The van der Waals surface area contributed by atoms with Crippen LogP contribution in [0.1, 0.15) is 25.0 Å². The highest BCUT2D eigenvalue weighted by molar-refractivity contribution is 5.92. The van der Waals surface area contributed by atoms with Crippen molar-refractivity contribution in [3.05, 3.63) is 96.3 Å². The highest BCUT2D eigenvalue weighted by atomic mass is 16.1. The Morgan fingerprint density at radius 1 is 0.971 bits per heavy atom. The number of nitrogens with one attached hydrogen (secondary N) is 1. The van der Waals surface area contributed by atoms with Crippen LogP contribution in [0.3, 0.4) is 0 Å². The van der Waals surface area contributed by atoms with Gasteiger partial charge in [0.05, 0.1) is 12.0 Å². The molecule has 2 aromatic carbocycles. The number of fused-ring (bicyclic) bond motifs is 1. The second-order valence-electron chi connectivity index (χ2n) is 7.82. The summed E-state index contributed by atoms with van der Waals surface area (Å²) in [5, 5.41) is 2.91. The fraction of sp³-hybridized carbons (Fsp3) is 0.143. The molecule has 7 nitrogen and oxygen atoms in total. The summed E-state index contributed by atoms with van der Waals surface area (Å²) < 4.78 is 1.97. The van der Waals surface area contributed by atoms with Gasteiger partial charge in [0.2, 0.25) is 5.91 Å². The molecule has 3 heterocycles. The summed E-state index contributed by atoms with van der Waals surface area (Å²) in [6, 6.07) is 23.0. The zero-order valence-corrected chi connectivity index (χ0v) is 20.1. The van der Waals surface area contributed by atoms with Gasteiger partial charge < -0.3 is 11.1 Å². The van der Waals surface area contributed by atoms with Gasteiger partial charge in [-0.25, -0.2) is 15.0 Å². The first-order valence-electron chi connectivity index (χ1n) is 11.6. The van der Waals surface area contributed by atoms with E-state index < -0.39 is 0 Å². The van der Waals surface area contributed by atoms with E-state index in [0.717, 1.165) is 39.2 Å². The van der Waals surface area contributed by atoms with Crippen molar-refractivity contribution >= 4 is 28.6 Å². The lowest BCUT2D eigenvalue weighted by Gasteiger charge is -2.11. The van der Waals surface area contributed by atoms with Crippen molar-refractivity contribution in [3.63, 3.8) is 0 Å². The van der Waals surface area contributed by atoms with Gasteiger partial charge in [-0.15, -0.1) is 0 Å². The molecule has 5 aromatic rings. The number of nitrogens with two attached hydrogens (primary N) is 1. The van der Waals surface area contributed by atoms with Gasteiger partial charge in [-0.3, -0.25) is 9.36 Å². The number of aryl methyl sites for hydroxylation is 1. The maximum Gasteiger partial charge on any atom is 0.228 e. The Hall–Kier alpha value is -4.52. The number of imidazole rings is 1. The molecule has 176 valence electrons. The summed E-state index contributed by atoms with van der Waals surface area (Å²) in [7, 11) is 0. The van der Waals surface area contributed by atoms with Gasteiger partial charge in [0, 0.05) is 23.8 Å². The van der Waals surface area contributed by atoms with E-state index in [9.17, 15) is 4.79 Å². The number of nitrogen functional groups attached to an aromatic ring is 1. The maximum absolute atomic E-state index is 12.4. The molecule has 3 N–H and O–H groups in total. The number of benzene rings is 2. The standard InChI is InChI=1S/C26H22N6O.C2H6/c1-17-14-22-26(29-16-17)32(25(31-22)21-8-5-13-28-24(21)27)20-11-9-18(10-12-20)15-23(33)30-19-6-3-2-4-7-19;1-2/h2-14,16H,15H2,1H3,(H2,27,28)(H,30,33);1-2H3. The lowest BCUT2D eigenvalue weighted by molar-refractivity contribution is -0.115. The number of hydrogen-bond donors (Lipinski definition) is 2. The minimum atomic E-state index is -0.0667. The van der Waals surface area contributed by atoms with Crippen LogP contribution in [0.2, 0.25) is 0 Å². The first-order chi connectivity index (χ1) is 17.1. The Morgan fingerprint density at radius 3 is 2.43 bits per heavy atom. The number of aromatic nitrogens is 4. The molecular weight excluding hydrogens is 436 g/mol. The fourth-order valence-corrected chi connectivity index (χ4v) is 3.77. The smallest absolute Gasteiger partial charge is 0.228 e. The summed E-state index contributed by atoms with van der Waals surface area (Å²) >= 11 is 0. The Kier molecular flexibility index (Phi) is 7.16. The molecule has 1 amide bonds. The average Bonchev–Trinajstić information content (AvgIpc) is 3.25. The van der Waals surface area contributed by atoms with Crippen molar-refractivity contribution in [1.29, 1.82) is 0 Å². The quantitative estimate of drug-likeness (QED) is 0.354. The topological polar surface area (TPSA) is 98.7 Å². The molecule has 0 fully saturated rings. The predicted octanol–water partition coefficient (Wildman–Crippen LogP) is 5.58. The van der Waals surface area contributed by atoms with Crippen LogP contribution < -0.4 is 11.1 Å². The van der Waals surface area contributed by atoms with Crippen molar-refractivity contribution in [2.75, 3.05) is 11.1 Å². The largest absolute Gasteiger partial charge is 0.383 e. The molecule has 7 heteroatoms. The number of pyridine rings is 2. The predicted molar refractivity (Wildman–Crippen MR) is 141 cm³/mol. The first kappa shape index (κ1) is 23.6. The van der Waals surface area contributed by atoms with Crippen molar-refractivity contribution in [3.8, 4) is 17.1 Å². The van der Waals surface area contributed by atoms with E-state index in [0.29, 0.717) is 11.6 Å². The molecule has 0 saturated heterocycles. The number of nitrogens with zero attached hydrogens (tertiary/aromatic N) is 4. The third-order valence-electron chi connectivity index (χ3n) is 5.33. The number of amides is 1. The fourth-order valence-electron chi connectivity index (χ4n) is 3.77. The summed E-state index contributed by atoms with van der Waals surface area (Å²) in [4.78, 5) is 26.1. The molecular formula is C28H28N6O. The molecule has 3 aromatic heterocycles. The molecule has 5 rings (SSSR count). The summed E-state index contributed by atoms with van der Waals surface area (Å²) in [6.45, 7) is 5.98. The zero-order valence-electron chi connectivity index (χ0n) is 20.1. The van der Waals surface area contributed by atoms with E-state index in [-0.39, 0.29) is 12.3 Å². The molecule has 0 aliphatic carbocycles. The van der Waals surface area contributed by atoms with Gasteiger partial charge in [-0.2, -0.15) is 0 Å². The van der Waals surface area contributed by atoms with Crippen molar-refractivity contribution in [2.24, 2.45) is 0 Å². The van der Waals surface area contributed by atoms with Gasteiger partial charge in [0.15, 0.2) is 11.5 Å². The first-order valence-corrected chi connectivity index (χ1v) is 11.6. The summed E-state index contributed by atoms with van der Waals surface area (Å²) in [5.74, 6) is 1.01. The number of carbonyl (C=O) groups is 1. The Bertz CT molecular complexity index is 1440. The van der Waals surface area contributed by atoms with Gasteiger partial charge in [-0.1, -0.05) is 44.2 Å². The third kappa shape index (κ3) is 5.19. The summed E-state index contributed by atoms with van der Waals surface area (Å²) in [5.41, 5.74) is 12.0. The molecule has 35 heavy (non-hydrogen) atoms. The van der Waals surface area contributed by atoms with Crippen LogP contribution in [0.5, 0.6) is 0 Å². The number of hydrogen-bond acceptors (Lipinski definition) is 5. The lowest BCUT2D eigenvalue weighted by Crippen LogP contribution is -2.14. The van der Waals surface area contributed by atoms with Gasteiger partial charge in [-0.05, 0) is 60.5 Å². The van der Waals surface area contributed by atoms with E-state index in [4.69, 9.17) is 10.7 Å². The van der Waals surface area contributed by atoms with Crippen LogP contribution >= 0.6 is 0 Å². The van der Waals surface area contributed by atoms with Crippen LogP contribution in [0.4, 0.5) is 11.5 Å². The van der Waals surface area contributed by atoms with E-state index in [1.807, 2.05) is 104 Å². The minimum absolute atomic E-state index is 0.0667. The monoisotopic (exact) mass is 464 g/mol. The lowest BCUT2D eigenvalue weighted by atomic mass is 10.1. The second kappa shape index (κ2) is 10.6. The van der Waals surface area contributed by atoms with Crippen LogP contribution in [0.25, 0.3) is 28.2 Å². The van der Waals surface area contributed by atoms with E-state index in [1.54, 1.807) is 6.20 Å². The average molecular weight is 465 g/mol. The van der Waals surface area contributed by atoms with Crippen LogP contribution in [0, 0.1) is 6.92 Å². The number of para-hydroxylation sites is 1. The third-order valence-corrected chi connectivity index (χ3v) is 5.33. The maximum atomic E-state index is 12.4. The van der Waals surface area contributed by atoms with Crippen LogP contribution in [-0.2, 0) is 11.2 Å². The number of rotatable bonds is 5. The number of carbonyl (C=O) groups excluding carboxylic acids is 1. The van der Waals surface area contributed by atoms with E-state index >= 15 is 0 Å². The molecule has 0 radical (unpaired) electrons. The molecule has 0 spiro atoms. The van der Waals surface area contributed by atoms with E-state index in [2.05, 4.69) is 15.3 Å². The SMILES string of the molecule is CC.Cc1cnc2c(c1)nc(-c1cccnc1N)n2-c1ccc(CC(=O)Nc2ccccc2)cc1. The molecule has 0 aliphatic rings. The molecule has 0 unspecified atom stereocenters. The Balaban J connectivity index is 0.00000141. The molecule has 0 aliphatic heterocycles. The Labute approximate surface area is 204 Å². The Morgan fingerprint density at radius 2 is 1.71 bits per heavy atom.